The molecular weight excluding hydrogens is 414 g/mol. The lowest BCUT2D eigenvalue weighted by atomic mass is 9.48. The number of benzene rings is 2. The third-order valence-corrected chi connectivity index (χ3v) is 8.34. The Labute approximate surface area is 182 Å². The predicted molar refractivity (Wildman–Crippen MR) is 116 cm³/mol. The molecule has 2 N–H and O–H groups in total. The Bertz CT molecular complexity index is 1090. The number of ether oxygens (including phenoxy) is 2. The summed E-state index contributed by atoms with van der Waals surface area (Å²) < 4.78 is 34.0. The molecule has 4 aliphatic carbocycles. The highest BCUT2D eigenvalue weighted by molar-refractivity contribution is 7.89. The van der Waals surface area contributed by atoms with Crippen molar-refractivity contribution in [3.63, 3.8) is 0 Å². The predicted octanol–water partition coefficient (Wildman–Crippen LogP) is 4.03. The zero-order chi connectivity index (χ0) is 21.8. The van der Waals surface area contributed by atoms with Crippen LogP contribution in [-0.2, 0) is 15.4 Å². The number of carbonyl (C=O) groups excluding carboxylic acids is 1. The maximum absolute atomic E-state index is 12.9. The molecular formula is C24H27NO5S. The van der Waals surface area contributed by atoms with Gasteiger partial charge in [-0.3, -0.25) is 0 Å². The molecule has 164 valence electrons. The van der Waals surface area contributed by atoms with E-state index < -0.39 is 16.0 Å². The standard InChI is InChI=1S/C24H27NO5S/c1-29-22-7-2-18(23(26)30-19-3-5-20(6-4-19)31(25,27)28)11-21(22)24-12-15-8-16(13-24)10-17(9-15)14-24/h2-7,11,15-17H,8-10,12-14H2,1H3,(H2,25,27,28). The summed E-state index contributed by atoms with van der Waals surface area (Å²) in [6.45, 7) is 0. The molecule has 0 saturated heterocycles. The van der Waals surface area contributed by atoms with E-state index in [0.717, 1.165) is 29.1 Å². The number of esters is 1. The molecule has 0 unspecified atom stereocenters. The van der Waals surface area contributed by atoms with Gasteiger partial charge in [0.25, 0.3) is 0 Å². The third-order valence-electron chi connectivity index (χ3n) is 7.41. The average Bonchev–Trinajstić information content (AvgIpc) is 2.72. The molecule has 4 saturated carbocycles. The average molecular weight is 442 g/mol. The maximum atomic E-state index is 12.9. The van der Waals surface area contributed by atoms with Gasteiger partial charge in [0.05, 0.1) is 17.6 Å². The van der Waals surface area contributed by atoms with Crippen LogP contribution >= 0.6 is 0 Å². The Morgan fingerprint density at radius 3 is 2.06 bits per heavy atom. The summed E-state index contributed by atoms with van der Waals surface area (Å²) in [7, 11) is -2.11. The van der Waals surface area contributed by atoms with Crippen molar-refractivity contribution in [2.75, 3.05) is 7.11 Å². The van der Waals surface area contributed by atoms with E-state index in [0.29, 0.717) is 5.56 Å². The molecule has 0 spiro atoms. The molecule has 2 aromatic carbocycles. The minimum absolute atomic E-state index is 0.0270. The van der Waals surface area contributed by atoms with Crippen molar-refractivity contribution >= 4 is 16.0 Å². The highest BCUT2D eigenvalue weighted by Gasteiger charge is 2.52. The smallest absolute Gasteiger partial charge is 0.343 e. The topological polar surface area (TPSA) is 95.7 Å². The largest absolute Gasteiger partial charge is 0.496 e. The van der Waals surface area contributed by atoms with E-state index in [9.17, 15) is 13.2 Å². The molecule has 31 heavy (non-hydrogen) atoms. The lowest BCUT2D eigenvalue weighted by Gasteiger charge is -2.57. The molecule has 0 aliphatic heterocycles. The lowest BCUT2D eigenvalue weighted by Crippen LogP contribution is -2.48. The Hall–Kier alpha value is -2.38. The van der Waals surface area contributed by atoms with Crippen LogP contribution in [-0.4, -0.2) is 21.5 Å². The number of sulfonamides is 1. The van der Waals surface area contributed by atoms with Crippen molar-refractivity contribution in [2.24, 2.45) is 22.9 Å². The van der Waals surface area contributed by atoms with Crippen LogP contribution < -0.4 is 14.6 Å². The van der Waals surface area contributed by atoms with E-state index in [4.69, 9.17) is 14.6 Å². The molecule has 0 radical (unpaired) electrons. The van der Waals surface area contributed by atoms with Crippen molar-refractivity contribution in [1.29, 1.82) is 0 Å². The number of methoxy groups -OCH3 is 1. The summed E-state index contributed by atoms with van der Waals surface area (Å²) in [6.07, 6.45) is 7.54. The molecule has 4 bridgehead atoms. The minimum atomic E-state index is -3.79. The molecule has 4 fully saturated rings. The Balaban J connectivity index is 1.43. The first-order valence-electron chi connectivity index (χ1n) is 10.8. The summed E-state index contributed by atoms with van der Waals surface area (Å²) in [5, 5.41) is 5.12. The monoisotopic (exact) mass is 441 g/mol. The van der Waals surface area contributed by atoms with Gasteiger partial charge >= 0.3 is 5.97 Å². The van der Waals surface area contributed by atoms with Crippen molar-refractivity contribution in [2.45, 2.75) is 48.8 Å². The fourth-order valence-electron chi connectivity index (χ4n) is 6.55. The van der Waals surface area contributed by atoms with Crippen LogP contribution in [0.25, 0.3) is 0 Å². The van der Waals surface area contributed by atoms with Crippen LogP contribution in [0, 0.1) is 17.8 Å². The Kier molecular flexibility index (Phi) is 4.86. The Morgan fingerprint density at radius 2 is 1.55 bits per heavy atom. The SMILES string of the molecule is COc1ccc(C(=O)Oc2ccc(S(N)(=O)=O)cc2)cc1C12CC3CC(CC(C3)C1)C2. The first kappa shape index (κ1) is 20.5. The number of primary sulfonamides is 1. The van der Waals surface area contributed by atoms with Gasteiger partial charge in [-0.15, -0.1) is 0 Å². The number of hydrogen-bond donors (Lipinski definition) is 1. The number of rotatable bonds is 5. The van der Waals surface area contributed by atoms with E-state index in [1.807, 2.05) is 12.1 Å². The van der Waals surface area contributed by atoms with Crippen LogP contribution in [0.15, 0.2) is 47.4 Å². The highest BCUT2D eigenvalue weighted by Crippen LogP contribution is 2.61. The number of nitrogens with two attached hydrogens (primary N) is 1. The fourth-order valence-corrected chi connectivity index (χ4v) is 7.07. The lowest BCUT2D eigenvalue weighted by molar-refractivity contribution is -0.00618. The molecule has 0 atom stereocenters. The summed E-state index contributed by atoms with van der Waals surface area (Å²) in [6, 6.07) is 11.1. The molecule has 6 nitrogen and oxygen atoms in total. The van der Waals surface area contributed by atoms with Crippen LogP contribution in [0.5, 0.6) is 11.5 Å². The summed E-state index contributed by atoms with van der Waals surface area (Å²) in [5.41, 5.74) is 1.70. The van der Waals surface area contributed by atoms with Gasteiger partial charge in [-0.2, -0.15) is 0 Å². The molecule has 0 amide bonds. The molecule has 7 heteroatoms. The van der Waals surface area contributed by atoms with E-state index >= 15 is 0 Å². The van der Waals surface area contributed by atoms with Crippen molar-refractivity contribution in [3.05, 3.63) is 53.6 Å². The van der Waals surface area contributed by atoms with Crippen LogP contribution in [0.1, 0.15) is 54.4 Å². The first-order chi connectivity index (χ1) is 14.8. The van der Waals surface area contributed by atoms with Gasteiger partial charge in [0.2, 0.25) is 10.0 Å². The minimum Gasteiger partial charge on any atom is -0.496 e. The van der Waals surface area contributed by atoms with Gasteiger partial charge in [-0.25, -0.2) is 18.4 Å². The zero-order valence-corrected chi connectivity index (χ0v) is 18.4. The van der Waals surface area contributed by atoms with Gasteiger partial charge in [-0.05, 0) is 104 Å². The molecule has 0 heterocycles. The van der Waals surface area contributed by atoms with Crippen molar-refractivity contribution < 1.29 is 22.7 Å². The quantitative estimate of drug-likeness (QED) is 0.558. The Morgan fingerprint density at radius 1 is 0.968 bits per heavy atom. The molecule has 4 aliphatic rings. The number of carbonyl (C=O) groups is 1. The van der Waals surface area contributed by atoms with E-state index in [2.05, 4.69) is 0 Å². The molecule has 6 rings (SSSR count). The summed E-state index contributed by atoms with van der Waals surface area (Å²) >= 11 is 0. The zero-order valence-electron chi connectivity index (χ0n) is 17.5. The highest BCUT2D eigenvalue weighted by atomic mass is 32.2. The van der Waals surface area contributed by atoms with Crippen molar-refractivity contribution in [3.8, 4) is 11.5 Å². The van der Waals surface area contributed by atoms with Crippen LogP contribution in [0.4, 0.5) is 0 Å². The normalized spacial score (nSPS) is 29.0. The van der Waals surface area contributed by atoms with Crippen molar-refractivity contribution in [1.82, 2.24) is 0 Å². The van der Waals surface area contributed by atoms with Gasteiger partial charge in [0, 0.05) is 5.56 Å². The van der Waals surface area contributed by atoms with Gasteiger partial charge in [0.15, 0.2) is 0 Å². The van der Waals surface area contributed by atoms with Gasteiger partial charge in [-0.1, -0.05) is 0 Å². The van der Waals surface area contributed by atoms with E-state index in [1.165, 1.54) is 62.8 Å². The second-order valence-corrected chi connectivity index (χ2v) is 11.1. The van der Waals surface area contributed by atoms with Gasteiger partial charge < -0.3 is 9.47 Å². The van der Waals surface area contributed by atoms with E-state index in [-0.39, 0.29) is 16.1 Å². The maximum Gasteiger partial charge on any atom is 0.343 e. The summed E-state index contributed by atoms with van der Waals surface area (Å²) in [4.78, 5) is 12.8. The summed E-state index contributed by atoms with van der Waals surface area (Å²) in [5.74, 6) is 2.98. The fraction of sp³-hybridized carbons (Fsp3) is 0.458. The molecule has 0 aromatic heterocycles. The van der Waals surface area contributed by atoms with Crippen LogP contribution in [0.3, 0.4) is 0 Å². The first-order valence-corrected chi connectivity index (χ1v) is 12.3. The van der Waals surface area contributed by atoms with E-state index in [1.54, 1.807) is 13.2 Å². The van der Waals surface area contributed by atoms with Gasteiger partial charge in [0.1, 0.15) is 11.5 Å². The van der Waals surface area contributed by atoms with Crippen LogP contribution in [0.2, 0.25) is 0 Å². The second-order valence-electron chi connectivity index (χ2n) is 9.52. The third kappa shape index (κ3) is 3.74. The second kappa shape index (κ2) is 7.35. The number of hydrogen-bond acceptors (Lipinski definition) is 5. The molecule has 2 aromatic rings.